The van der Waals surface area contributed by atoms with E-state index in [-0.39, 0.29) is 0 Å². The van der Waals surface area contributed by atoms with Crippen molar-refractivity contribution in [1.29, 1.82) is 0 Å². The van der Waals surface area contributed by atoms with Crippen LogP contribution in [0.4, 0.5) is 11.4 Å². The van der Waals surface area contributed by atoms with Gasteiger partial charge in [0.15, 0.2) is 11.5 Å². The number of rotatable bonds is 4. The van der Waals surface area contributed by atoms with Gasteiger partial charge in [0, 0.05) is 36.4 Å². The van der Waals surface area contributed by atoms with Gasteiger partial charge in [-0.05, 0) is 35.2 Å². The molecule has 0 fully saturated rings. The Kier molecular flexibility index (Phi) is 4.21. The molecular weight excluding hydrogens is 300 g/mol. The number of nitrogens with two attached hydrogens (primary N) is 1. The number of methoxy groups -OCH3 is 2. The van der Waals surface area contributed by atoms with E-state index < -0.39 is 0 Å². The van der Waals surface area contributed by atoms with Gasteiger partial charge in [-0.15, -0.1) is 0 Å². The summed E-state index contributed by atoms with van der Waals surface area (Å²) in [5.41, 5.74) is 10.1. The van der Waals surface area contributed by atoms with Crippen molar-refractivity contribution in [2.45, 2.75) is 0 Å². The Morgan fingerprint density at radius 3 is 2.17 bits per heavy atom. The number of ether oxygens (including phenoxy) is 2. The number of nitrogens with zero attached hydrogens (tertiary/aromatic N) is 1. The van der Waals surface area contributed by atoms with Crippen LogP contribution >= 0.6 is 0 Å². The number of benzene rings is 3. The molecule has 0 atom stereocenters. The zero-order valence-electron chi connectivity index (χ0n) is 14.5. The fourth-order valence-electron chi connectivity index (χ4n) is 2.97. The summed E-state index contributed by atoms with van der Waals surface area (Å²) in [7, 11) is 7.35. The summed E-state index contributed by atoms with van der Waals surface area (Å²) >= 11 is 0. The van der Waals surface area contributed by atoms with E-state index in [0.717, 1.165) is 33.3 Å². The summed E-state index contributed by atoms with van der Waals surface area (Å²) in [6, 6.07) is 16.2. The minimum atomic E-state index is 0.676. The minimum Gasteiger partial charge on any atom is -0.493 e. The van der Waals surface area contributed by atoms with E-state index in [9.17, 15) is 0 Å². The van der Waals surface area contributed by atoms with Gasteiger partial charge in [-0.25, -0.2) is 0 Å². The third kappa shape index (κ3) is 2.60. The normalized spacial score (nSPS) is 10.7. The van der Waals surface area contributed by atoms with Gasteiger partial charge in [0.2, 0.25) is 0 Å². The van der Waals surface area contributed by atoms with Crippen LogP contribution in [-0.4, -0.2) is 28.3 Å². The third-order valence-corrected chi connectivity index (χ3v) is 4.23. The molecule has 0 aliphatic heterocycles. The fourth-order valence-corrected chi connectivity index (χ4v) is 2.97. The number of fused-ring (bicyclic) bond motifs is 1. The number of nitrogen functional groups attached to an aromatic ring is 1. The Labute approximate surface area is 142 Å². The molecule has 0 unspecified atom stereocenters. The average Bonchev–Trinajstić information content (AvgIpc) is 2.60. The first-order valence-electron chi connectivity index (χ1n) is 7.77. The van der Waals surface area contributed by atoms with Crippen molar-refractivity contribution in [3.8, 4) is 22.6 Å². The highest BCUT2D eigenvalue weighted by molar-refractivity contribution is 6.06. The van der Waals surface area contributed by atoms with Crippen molar-refractivity contribution >= 4 is 22.1 Å². The van der Waals surface area contributed by atoms with E-state index in [2.05, 4.69) is 35.2 Å². The molecule has 3 aromatic rings. The molecule has 4 heteroatoms. The quantitative estimate of drug-likeness (QED) is 0.732. The second kappa shape index (κ2) is 6.32. The van der Waals surface area contributed by atoms with Crippen LogP contribution in [0.15, 0.2) is 48.5 Å². The summed E-state index contributed by atoms with van der Waals surface area (Å²) in [6.45, 7) is 0. The number of hydrogen-bond donors (Lipinski definition) is 1. The smallest absolute Gasteiger partial charge is 0.169 e. The largest absolute Gasteiger partial charge is 0.493 e. The first kappa shape index (κ1) is 16.0. The van der Waals surface area contributed by atoms with Crippen molar-refractivity contribution < 1.29 is 9.47 Å². The molecule has 0 aliphatic rings. The Morgan fingerprint density at radius 2 is 1.58 bits per heavy atom. The zero-order chi connectivity index (χ0) is 17.3. The van der Waals surface area contributed by atoms with Crippen LogP contribution in [0.25, 0.3) is 21.9 Å². The SMILES string of the molecule is COc1cc2c(N)cccc2c(-c2ccc(N(C)C)cc2)c1OC. The van der Waals surface area contributed by atoms with E-state index in [1.807, 2.05) is 32.3 Å². The second-order valence-corrected chi connectivity index (χ2v) is 5.87. The maximum atomic E-state index is 6.18. The van der Waals surface area contributed by atoms with Crippen LogP contribution in [0.5, 0.6) is 11.5 Å². The molecule has 0 spiro atoms. The van der Waals surface area contributed by atoms with Crippen molar-refractivity contribution in [2.24, 2.45) is 0 Å². The Balaban J connectivity index is 2.34. The van der Waals surface area contributed by atoms with Crippen LogP contribution < -0.4 is 20.1 Å². The second-order valence-electron chi connectivity index (χ2n) is 5.87. The fraction of sp³-hybridized carbons (Fsp3) is 0.200. The van der Waals surface area contributed by atoms with E-state index >= 15 is 0 Å². The molecule has 0 aromatic heterocycles. The predicted molar refractivity (Wildman–Crippen MR) is 101 cm³/mol. The van der Waals surface area contributed by atoms with Crippen molar-refractivity contribution in [3.05, 3.63) is 48.5 Å². The van der Waals surface area contributed by atoms with E-state index in [1.165, 1.54) is 0 Å². The van der Waals surface area contributed by atoms with Crippen LogP contribution in [0.2, 0.25) is 0 Å². The topological polar surface area (TPSA) is 47.7 Å². The summed E-state index contributed by atoms with van der Waals surface area (Å²) in [4.78, 5) is 2.07. The summed E-state index contributed by atoms with van der Waals surface area (Å²) in [5, 5.41) is 2.01. The lowest BCUT2D eigenvalue weighted by molar-refractivity contribution is 0.357. The predicted octanol–water partition coefficient (Wildman–Crippen LogP) is 4.17. The highest BCUT2D eigenvalue weighted by Gasteiger charge is 2.17. The van der Waals surface area contributed by atoms with Gasteiger partial charge >= 0.3 is 0 Å². The zero-order valence-corrected chi connectivity index (χ0v) is 14.5. The molecule has 24 heavy (non-hydrogen) atoms. The van der Waals surface area contributed by atoms with E-state index in [0.29, 0.717) is 11.5 Å². The molecule has 3 rings (SSSR count). The molecule has 124 valence electrons. The van der Waals surface area contributed by atoms with E-state index in [1.54, 1.807) is 14.2 Å². The van der Waals surface area contributed by atoms with Crippen LogP contribution in [0.1, 0.15) is 0 Å². The Morgan fingerprint density at radius 1 is 0.875 bits per heavy atom. The van der Waals surface area contributed by atoms with Crippen LogP contribution in [0.3, 0.4) is 0 Å². The Hall–Kier alpha value is -2.88. The third-order valence-electron chi connectivity index (χ3n) is 4.23. The minimum absolute atomic E-state index is 0.676. The molecule has 0 radical (unpaired) electrons. The van der Waals surface area contributed by atoms with Crippen LogP contribution in [-0.2, 0) is 0 Å². The standard InChI is InChI=1S/C20H22N2O2/c1-22(2)14-10-8-13(9-11-14)19-15-6-5-7-17(21)16(15)12-18(23-3)20(19)24-4/h5-12H,21H2,1-4H3. The van der Waals surface area contributed by atoms with Gasteiger partial charge in [0.25, 0.3) is 0 Å². The Bertz CT molecular complexity index is 871. The first-order chi connectivity index (χ1) is 11.6. The molecule has 0 heterocycles. The lowest BCUT2D eigenvalue weighted by atomic mass is 9.95. The van der Waals surface area contributed by atoms with Gasteiger partial charge in [-0.3, -0.25) is 0 Å². The lowest BCUT2D eigenvalue weighted by Crippen LogP contribution is -2.08. The maximum Gasteiger partial charge on any atom is 0.169 e. The number of anilines is 2. The molecule has 2 N–H and O–H groups in total. The molecule has 0 saturated carbocycles. The molecule has 0 aliphatic carbocycles. The first-order valence-corrected chi connectivity index (χ1v) is 7.77. The van der Waals surface area contributed by atoms with Gasteiger partial charge in [0.05, 0.1) is 14.2 Å². The van der Waals surface area contributed by atoms with Gasteiger partial charge in [-0.1, -0.05) is 24.3 Å². The molecular formula is C20H22N2O2. The average molecular weight is 322 g/mol. The monoisotopic (exact) mass is 322 g/mol. The molecule has 0 saturated heterocycles. The summed E-state index contributed by atoms with van der Waals surface area (Å²) < 4.78 is 11.2. The molecule has 3 aromatic carbocycles. The van der Waals surface area contributed by atoms with Gasteiger partial charge in [-0.2, -0.15) is 0 Å². The van der Waals surface area contributed by atoms with Crippen molar-refractivity contribution in [3.63, 3.8) is 0 Å². The highest BCUT2D eigenvalue weighted by Crippen LogP contribution is 2.45. The van der Waals surface area contributed by atoms with Gasteiger partial charge < -0.3 is 20.1 Å². The maximum absolute atomic E-state index is 6.18. The highest BCUT2D eigenvalue weighted by atomic mass is 16.5. The van der Waals surface area contributed by atoms with E-state index in [4.69, 9.17) is 15.2 Å². The van der Waals surface area contributed by atoms with Crippen molar-refractivity contribution in [2.75, 3.05) is 38.9 Å². The molecule has 0 bridgehead atoms. The number of hydrogen-bond acceptors (Lipinski definition) is 4. The van der Waals surface area contributed by atoms with Crippen LogP contribution in [0, 0.1) is 0 Å². The lowest BCUT2D eigenvalue weighted by Gasteiger charge is -2.18. The van der Waals surface area contributed by atoms with Crippen molar-refractivity contribution in [1.82, 2.24) is 0 Å². The molecule has 0 amide bonds. The molecule has 4 nitrogen and oxygen atoms in total. The summed E-state index contributed by atoms with van der Waals surface area (Å²) in [5.74, 6) is 1.39. The van der Waals surface area contributed by atoms with Gasteiger partial charge in [0.1, 0.15) is 0 Å². The summed E-state index contributed by atoms with van der Waals surface area (Å²) in [6.07, 6.45) is 0.